The summed E-state index contributed by atoms with van der Waals surface area (Å²) in [7, 11) is 0. The molecule has 1 N–H and O–H groups in total. The molecule has 1 aromatic carbocycles. The third-order valence-electron chi connectivity index (χ3n) is 2.52. The summed E-state index contributed by atoms with van der Waals surface area (Å²) in [5.41, 5.74) is 0.806. The number of carbonyl (C=O) groups excluding carboxylic acids is 3. The number of nitrogens with zero attached hydrogens (tertiary/aromatic N) is 1. The van der Waals surface area contributed by atoms with E-state index in [2.05, 4.69) is 0 Å². The van der Waals surface area contributed by atoms with Crippen LogP contribution in [0.4, 0.5) is 4.79 Å². The average Bonchev–Trinajstić information content (AvgIpc) is 2.54. The van der Waals surface area contributed by atoms with Crippen LogP contribution in [0.3, 0.4) is 0 Å². The molecule has 0 aromatic heterocycles. The molecule has 0 saturated carbocycles. The van der Waals surface area contributed by atoms with Crippen molar-refractivity contribution < 1.29 is 14.4 Å². The molecule has 5 heteroatoms. The molecule has 82 valence electrons. The number of amides is 4. The maximum Gasteiger partial charge on any atom is 0.332 e. The third-order valence-corrected chi connectivity index (χ3v) is 2.52. The first-order valence-electron chi connectivity index (χ1n) is 4.84. The van der Waals surface area contributed by atoms with Crippen molar-refractivity contribution in [3.63, 3.8) is 0 Å². The van der Waals surface area contributed by atoms with Crippen LogP contribution in [0.2, 0.25) is 0 Å². The SMILES string of the molecule is C[C@@H](c1ccccc1)N1C(=O)NC(=O)C1=O. The van der Waals surface area contributed by atoms with Gasteiger partial charge >= 0.3 is 17.8 Å². The maximum absolute atomic E-state index is 11.4. The Morgan fingerprint density at radius 2 is 1.75 bits per heavy atom. The molecule has 1 heterocycles. The fraction of sp³-hybridized carbons (Fsp3) is 0.182. The Hall–Kier alpha value is -2.17. The second-order valence-corrected chi connectivity index (χ2v) is 3.52. The van der Waals surface area contributed by atoms with E-state index in [1.54, 1.807) is 19.1 Å². The molecule has 2 rings (SSSR count). The summed E-state index contributed by atoms with van der Waals surface area (Å²) in [6.45, 7) is 1.70. The predicted octanol–water partition coefficient (Wildman–Crippen LogP) is 0.826. The quantitative estimate of drug-likeness (QED) is 0.590. The Balaban J connectivity index is 2.29. The predicted molar refractivity (Wildman–Crippen MR) is 55.2 cm³/mol. The zero-order chi connectivity index (χ0) is 11.7. The number of imide groups is 2. The summed E-state index contributed by atoms with van der Waals surface area (Å²) in [5, 5.41) is 1.97. The topological polar surface area (TPSA) is 66.5 Å². The summed E-state index contributed by atoms with van der Waals surface area (Å²) in [6, 6.07) is 7.96. The lowest BCUT2D eigenvalue weighted by Gasteiger charge is -2.20. The van der Waals surface area contributed by atoms with Gasteiger partial charge in [-0.1, -0.05) is 30.3 Å². The van der Waals surface area contributed by atoms with Crippen LogP contribution in [0.15, 0.2) is 30.3 Å². The Morgan fingerprint density at radius 1 is 1.12 bits per heavy atom. The molecule has 1 aliphatic rings. The van der Waals surface area contributed by atoms with Crippen molar-refractivity contribution >= 4 is 17.8 Å². The van der Waals surface area contributed by atoms with Gasteiger partial charge in [-0.3, -0.25) is 14.9 Å². The highest BCUT2D eigenvalue weighted by molar-refractivity contribution is 6.44. The van der Waals surface area contributed by atoms with Crippen LogP contribution >= 0.6 is 0 Å². The van der Waals surface area contributed by atoms with Crippen molar-refractivity contribution in [1.82, 2.24) is 10.2 Å². The molecule has 5 nitrogen and oxygen atoms in total. The number of nitrogens with one attached hydrogen (secondary N) is 1. The minimum absolute atomic E-state index is 0.444. The van der Waals surface area contributed by atoms with E-state index in [1.165, 1.54) is 0 Å². The van der Waals surface area contributed by atoms with Crippen LogP contribution < -0.4 is 5.32 Å². The second kappa shape index (κ2) is 3.77. The number of carbonyl (C=O) groups is 3. The van der Waals surface area contributed by atoms with Crippen molar-refractivity contribution in [2.75, 3.05) is 0 Å². The van der Waals surface area contributed by atoms with Gasteiger partial charge in [0.2, 0.25) is 0 Å². The first-order valence-corrected chi connectivity index (χ1v) is 4.84. The molecule has 16 heavy (non-hydrogen) atoms. The van der Waals surface area contributed by atoms with E-state index in [0.717, 1.165) is 10.5 Å². The van der Waals surface area contributed by atoms with Gasteiger partial charge in [-0.15, -0.1) is 0 Å². The van der Waals surface area contributed by atoms with Gasteiger partial charge in [0.1, 0.15) is 0 Å². The van der Waals surface area contributed by atoms with Gasteiger partial charge < -0.3 is 0 Å². The van der Waals surface area contributed by atoms with E-state index in [4.69, 9.17) is 0 Å². The number of hydrogen-bond donors (Lipinski definition) is 1. The molecular weight excluding hydrogens is 208 g/mol. The van der Waals surface area contributed by atoms with Gasteiger partial charge in [0.05, 0.1) is 6.04 Å². The van der Waals surface area contributed by atoms with Crippen LogP contribution in [-0.4, -0.2) is 22.7 Å². The van der Waals surface area contributed by atoms with E-state index < -0.39 is 23.9 Å². The lowest BCUT2D eigenvalue weighted by atomic mass is 10.1. The molecule has 1 fully saturated rings. The molecule has 1 aromatic rings. The number of urea groups is 1. The van der Waals surface area contributed by atoms with Gasteiger partial charge in [-0.25, -0.2) is 9.69 Å². The highest BCUT2D eigenvalue weighted by Crippen LogP contribution is 2.22. The smallest absolute Gasteiger partial charge is 0.269 e. The normalized spacial score (nSPS) is 17.6. The van der Waals surface area contributed by atoms with Crippen molar-refractivity contribution in [2.45, 2.75) is 13.0 Å². The Bertz CT molecular complexity index is 456. The van der Waals surface area contributed by atoms with Crippen LogP contribution in [-0.2, 0) is 9.59 Å². The number of hydrogen-bond acceptors (Lipinski definition) is 3. The minimum atomic E-state index is -0.868. The zero-order valence-corrected chi connectivity index (χ0v) is 8.64. The summed E-state index contributed by atoms with van der Waals surface area (Å²) in [5.74, 6) is -1.67. The summed E-state index contributed by atoms with van der Waals surface area (Å²) in [4.78, 5) is 34.7. The Labute approximate surface area is 92.0 Å². The van der Waals surface area contributed by atoms with E-state index in [-0.39, 0.29) is 0 Å². The Kier molecular flexibility index (Phi) is 2.44. The fourth-order valence-corrected chi connectivity index (χ4v) is 1.64. The zero-order valence-electron chi connectivity index (χ0n) is 8.64. The molecule has 1 atom stereocenters. The lowest BCUT2D eigenvalue weighted by molar-refractivity contribution is -0.141. The van der Waals surface area contributed by atoms with Gasteiger partial charge in [-0.2, -0.15) is 0 Å². The summed E-state index contributed by atoms with van der Waals surface area (Å²) in [6.07, 6.45) is 0. The molecule has 0 aliphatic carbocycles. The summed E-state index contributed by atoms with van der Waals surface area (Å²) >= 11 is 0. The van der Waals surface area contributed by atoms with Crippen molar-refractivity contribution in [2.24, 2.45) is 0 Å². The van der Waals surface area contributed by atoms with Crippen LogP contribution in [0.25, 0.3) is 0 Å². The minimum Gasteiger partial charge on any atom is -0.269 e. The standard InChI is InChI=1S/C11H10N2O3/c1-7(8-5-3-2-4-6-8)13-10(15)9(14)12-11(13)16/h2-7H,1H3,(H,12,14,16)/t7-/m0/s1. The molecule has 0 spiro atoms. The molecule has 4 amide bonds. The van der Waals surface area contributed by atoms with Crippen LogP contribution in [0.1, 0.15) is 18.5 Å². The van der Waals surface area contributed by atoms with E-state index in [9.17, 15) is 14.4 Å². The van der Waals surface area contributed by atoms with Crippen LogP contribution in [0.5, 0.6) is 0 Å². The van der Waals surface area contributed by atoms with E-state index >= 15 is 0 Å². The van der Waals surface area contributed by atoms with Gasteiger partial charge in [0.15, 0.2) is 0 Å². The first kappa shape index (κ1) is 10.4. The maximum atomic E-state index is 11.4. The summed E-state index contributed by atoms with van der Waals surface area (Å²) < 4.78 is 0. The van der Waals surface area contributed by atoms with Crippen LogP contribution in [0, 0.1) is 0 Å². The highest BCUT2D eigenvalue weighted by Gasteiger charge is 2.40. The van der Waals surface area contributed by atoms with Crippen molar-refractivity contribution in [3.8, 4) is 0 Å². The van der Waals surface area contributed by atoms with Crippen molar-refractivity contribution in [1.29, 1.82) is 0 Å². The number of rotatable bonds is 2. The number of benzene rings is 1. The van der Waals surface area contributed by atoms with Crippen molar-refractivity contribution in [3.05, 3.63) is 35.9 Å². The van der Waals surface area contributed by atoms with E-state index in [0.29, 0.717) is 0 Å². The van der Waals surface area contributed by atoms with Gasteiger partial charge in [0, 0.05) is 0 Å². The molecule has 0 bridgehead atoms. The molecule has 0 unspecified atom stereocenters. The molecule has 0 radical (unpaired) electrons. The largest absolute Gasteiger partial charge is 0.332 e. The molecule has 1 saturated heterocycles. The first-order chi connectivity index (χ1) is 7.61. The third kappa shape index (κ3) is 1.56. The second-order valence-electron chi connectivity index (χ2n) is 3.52. The fourth-order valence-electron chi connectivity index (χ4n) is 1.64. The Morgan fingerprint density at radius 3 is 2.25 bits per heavy atom. The average molecular weight is 218 g/mol. The monoisotopic (exact) mass is 218 g/mol. The molecule has 1 aliphatic heterocycles. The lowest BCUT2D eigenvalue weighted by Crippen LogP contribution is -2.33. The molecular formula is C11H10N2O3. The highest BCUT2D eigenvalue weighted by atomic mass is 16.2. The van der Waals surface area contributed by atoms with Gasteiger partial charge in [-0.05, 0) is 12.5 Å². The van der Waals surface area contributed by atoms with E-state index in [1.807, 2.05) is 23.5 Å². The van der Waals surface area contributed by atoms with Gasteiger partial charge in [0.25, 0.3) is 0 Å².